The van der Waals surface area contributed by atoms with E-state index in [0.717, 1.165) is 31.8 Å². The molecule has 4 nitrogen and oxygen atoms in total. The fourth-order valence-corrected chi connectivity index (χ4v) is 2.30. The van der Waals surface area contributed by atoms with Crippen molar-refractivity contribution in [3.05, 3.63) is 24.0 Å². The van der Waals surface area contributed by atoms with Gasteiger partial charge in [-0.2, -0.15) is 0 Å². The molecular weight excluding hydrogens is 250 g/mol. The molecule has 0 aromatic carbocycles. The quantitative estimate of drug-likeness (QED) is 0.897. The van der Waals surface area contributed by atoms with Gasteiger partial charge < -0.3 is 10.6 Å². The monoisotopic (exact) mass is 269 g/mol. The molecule has 1 aliphatic rings. The third-order valence-corrected chi connectivity index (χ3v) is 3.56. The van der Waals surface area contributed by atoms with Crippen LogP contribution in [0.4, 0.5) is 5.69 Å². The van der Waals surface area contributed by atoms with Crippen LogP contribution < -0.4 is 5.73 Å². The Kier molecular flexibility index (Phi) is 5.41. The molecule has 0 unspecified atom stereocenters. The number of carbonyl (C=O) groups is 1. The fraction of sp³-hybridized carbons (Fsp3) is 0.538. The molecule has 100 valence electrons. The highest BCUT2D eigenvalue weighted by Gasteiger charge is 2.23. The summed E-state index contributed by atoms with van der Waals surface area (Å²) >= 11 is 0. The maximum Gasteiger partial charge on any atom is 0.257 e. The fourth-order valence-electron chi connectivity index (χ4n) is 2.30. The molecule has 1 aliphatic heterocycles. The largest absolute Gasteiger partial charge is 0.398 e. The van der Waals surface area contributed by atoms with Gasteiger partial charge in [-0.3, -0.25) is 9.78 Å². The number of rotatable bonds is 2. The molecule has 0 bridgehead atoms. The Hall–Kier alpha value is -1.29. The van der Waals surface area contributed by atoms with Crippen LogP contribution in [0.1, 0.15) is 36.5 Å². The number of anilines is 1. The van der Waals surface area contributed by atoms with Gasteiger partial charge in [0.15, 0.2) is 0 Å². The number of halogens is 1. The van der Waals surface area contributed by atoms with E-state index in [-0.39, 0.29) is 18.3 Å². The molecule has 1 fully saturated rings. The predicted molar refractivity (Wildman–Crippen MR) is 74.8 cm³/mol. The molecule has 5 heteroatoms. The van der Waals surface area contributed by atoms with E-state index >= 15 is 0 Å². The molecule has 1 aromatic rings. The van der Waals surface area contributed by atoms with Gasteiger partial charge in [0, 0.05) is 31.2 Å². The number of nitrogens with zero attached hydrogens (tertiary/aromatic N) is 2. The zero-order valence-electron chi connectivity index (χ0n) is 10.6. The van der Waals surface area contributed by atoms with Crippen LogP contribution in [0.25, 0.3) is 0 Å². The van der Waals surface area contributed by atoms with Gasteiger partial charge in [0.2, 0.25) is 0 Å². The minimum Gasteiger partial charge on any atom is -0.398 e. The SMILES string of the molecule is CCC1CCN(C(=O)c2cnccc2N)CC1.Cl. The second-order valence-electron chi connectivity index (χ2n) is 4.61. The highest BCUT2D eigenvalue weighted by molar-refractivity contribution is 5.98. The van der Waals surface area contributed by atoms with Crippen LogP contribution in [0.5, 0.6) is 0 Å². The minimum atomic E-state index is 0. The zero-order valence-corrected chi connectivity index (χ0v) is 11.4. The topological polar surface area (TPSA) is 59.2 Å². The third kappa shape index (κ3) is 3.13. The van der Waals surface area contributed by atoms with Gasteiger partial charge >= 0.3 is 0 Å². The highest BCUT2D eigenvalue weighted by atomic mass is 35.5. The van der Waals surface area contributed by atoms with Crippen molar-refractivity contribution in [1.29, 1.82) is 0 Å². The first-order valence-corrected chi connectivity index (χ1v) is 6.21. The average Bonchev–Trinajstić information content (AvgIpc) is 2.39. The number of nitrogens with two attached hydrogens (primary N) is 1. The van der Waals surface area contributed by atoms with Crippen molar-refractivity contribution in [2.24, 2.45) is 5.92 Å². The number of carbonyl (C=O) groups excluding carboxylic acids is 1. The summed E-state index contributed by atoms with van der Waals surface area (Å²) in [4.78, 5) is 18.1. The Balaban J connectivity index is 0.00000162. The van der Waals surface area contributed by atoms with Gasteiger partial charge in [-0.1, -0.05) is 13.3 Å². The van der Waals surface area contributed by atoms with Crippen molar-refractivity contribution in [3.8, 4) is 0 Å². The van der Waals surface area contributed by atoms with Gasteiger partial charge in [0.05, 0.1) is 5.56 Å². The Morgan fingerprint density at radius 3 is 2.72 bits per heavy atom. The molecule has 1 aromatic heterocycles. The van der Waals surface area contributed by atoms with Crippen molar-refractivity contribution in [2.45, 2.75) is 26.2 Å². The van der Waals surface area contributed by atoms with Crippen molar-refractivity contribution in [3.63, 3.8) is 0 Å². The molecule has 18 heavy (non-hydrogen) atoms. The zero-order chi connectivity index (χ0) is 12.3. The Bertz CT molecular complexity index is 403. The van der Waals surface area contributed by atoms with E-state index in [2.05, 4.69) is 11.9 Å². The van der Waals surface area contributed by atoms with Gasteiger partial charge in [-0.15, -0.1) is 12.4 Å². The average molecular weight is 270 g/mol. The Morgan fingerprint density at radius 1 is 1.50 bits per heavy atom. The standard InChI is InChI=1S/C13H19N3O.ClH/c1-2-10-4-7-16(8-5-10)13(17)11-9-15-6-3-12(11)14;/h3,6,9-10H,2,4-5,7-8H2,1H3,(H2,14,15);1H. The van der Waals surface area contributed by atoms with Crippen LogP contribution in [0.2, 0.25) is 0 Å². The molecular formula is C13H20ClN3O. The number of nitrogen functional groups attached to an aromatic ring is 1. The summed E-state index contributed by atoms with van der Waals surface area (Å²) in [7, 11) is 0. The number of pyridine rings is 1. The summed E-state index contributed by atoms with van der Waals surface area (Å²) in [6.07, 6.45) is 6.57. The van der Waals surface area contributed by atoms with Crippen LogP contribution in [-0.4, -0.2) is 28.9 Å². The molecule has 0 saturated carbocycles. The lowest BCUT2D eigenvalue weighted by molar-refractivity contribution is 0.0689. The van der Waals surface area contributed by atoms with Crippen molar-refractivity contribution in [2.75, 3.05) is 18.8 Å². The molecule has 0 spiro atoms. The van der Waals surface area contributed by atoms with E-state index < -0.39 is 0 Å². The normalized spacial score (nSPS) is 16.2. The molecule has 1 saturated heterocycles. The van der Waals surface area contributed by atoms with Gasteiger partial charge in [-0.05, 0) is 24.8 Å². The number of hydrogen-bond donors (Lipinski definition) is 1. The highest BCUT2D eigenvalue weighted by Crippen LogP contribution is 2.22. The van der Waals surface area contributed by atoms with Crippen LogP contribution in [0.3, 0.4) is 0 Å². The van der Waals surface area contributed by atoms with Crippen LogP contribution in [0, 0.1) is 5.92 Å². The molecule has 0 aliphatic carbocycles. The van der Waals surface area contributed by atoms with E-state index in [0.29, 0.717) is 11.3 Å². The molecule has 0 atom stereocenters. The van der Waals surface area contributed by atoms with Gasteiger partial charge in [0.25, 0.3) is 5.91 Å². The summed E-state index contributed by atoms with van der Waals surface area (Å²) in [5.74, 6) is 0.787. The lowest BCUT2D eigenvalue weighted by Crippen LogP contribution is -2.38. The predicted octanol–water partition coefficient (Wildman–Crippen LogP) is 2.35. The van der Waals surface area contributed by atoms with Gasteiger partial charge in [0.1, 0.15) is 0 Å². The first-order chi connectivity index (χ1) is 8.22. The molecule has 2 rings (SSSR count). The van der Waals surface area contributed by atoms with Crippen LogP contribution >= 0.6 is 12.4 Å². The first-order valence-electron chi connectivity index (χ1n) is 6.21. The number of likely N-dealkylation sites (tertiary alicyclic amines) is 1. The number of aromatic nitrogens is 1. The van der Waals surface area contributed by atoms with Crippen molar-refractivity contribution >= 4 is 24.0 Å². The lowest BCUT2D eigenvalue weighted by atomic mass is 9.94. The molecule has 1 amide bonds. The Morgan fingerprint density at radius 2 is 2.17 bits per heavy atom. The second kappa shape index (κ2) is 6.59. The number of amides is 1. The van der Waals surface area contributed by atoms with Gasteiger partial charge in [-0.25, -0.2) is 0 Å². The summed E-state index contributed by atoms with van der Waals surface area (Å²) in [5, 5.41) is 0. The van der Waals surface area contributed by atoms with Crippen molar-refractivity contribution < 1.29 is 4.79 Å². The smallest absolute Gasteiger partial charge is 0.257 e. The van der Waals surface area contributed by atoms with E-state index in [1.54, 1.807) is 18.5 Å². The lowest BCUT2D eigenvalue weighted by Gasteiger charge is -2.31. The van der Waals surface area contributed by atoms with E-state index in [1.807, 2.05) is 4.90 Å². The number of hydrogen-bond acceptors (Lipinski definition) is 3. The van der Waals surface area contributed by atoms with Crippen molar-refractivity contribution in [1.82, 2.24) is 9.88 Å². The summed E-state index contributed by atoms with van der Waals surface area (Å²) in [5.41, 5.74) is 6.84. The van der Waals surface area contributed by atoms with E-state index in [4.69, 9.17) is 5.73 Å². The molecule has 2 heterocycles. The Labute approximate surface area is 114 Å². The maximum atomic E-state index is 12.2. The first kappa shape index (κ1) is 14.8. The molecule has 2 N–H and O–H groups in total. The summed E-state index contributed by atoms with van der Waals surface area (Å²) < 4.78 is 0. The molecule has 0 radical (unpaired) electrons. The summed E-state index contributed by atoms with van der Waals surface area (Å²) in [6.45, 7) is 3.89. The maximum absolute atomic E-state index is 12.2. The second-order valence-corrected chi connectivity index (χ2v) is 4.61. The van der Waals surface area contributed by atoms with E-state index in [9.17, 15) is 4.79 Å². The van der Waals surface area contributed by atoms with Crippen LogP contribution in [-0.2, 0) is 0 Å². The minimum absolute atomic E-state index is 0. The van der Waals surface area contributed by atoms with E-state index in [1.165, 1.54) is 6.42 Å². The third-order valence-electron chi connectivity index (χ3n) is 3.56. The summed E-state index contributed by atoms with van der Waals surface area (Å²) in [6, 6.07) is 1.67. The van der Waals surface area contributed by atoms with Crippen LogP contribution in [0.15, 0.2) is 18.5 Å². The number of piperidine rings is 1.